The third-order valence-electron chi connectivity index (χ3n) is 5.81. The predicted molar refractivity (Wildman–Crippen MR) is 134 cm³/mol. The molecule has 2 aromatic rings. The van der Waals surface area contributed by atoms with Gasteiger partial charge in [-0.1, -0.05) is 102 Å². The molecule has 0 aliphatic rings. The van der Waals surface area contributed by atoms with Crippen LogP contribution in [0.25, 0.3) is 11.1 Å². The summed E-state index contributed by atoms with van der Waals surface area (Å²) >= 11 is 0. The highest BCUT2D eigenvalue weighted by molar-refractivity contribution is 5.90. The van der Waals surface area contributed by atoms with Crippen molar-refractivity contribution >= 4 is 5.97 Å². The van der Waals surface area contributed by atoms with Gasteiger partial charge in [0.15, 0.2) is 0 Å². The van der Waals surface area contributed by atoms with Crippen molar-refractivity contribution in [2.75, 3.05) is 13.2 Å². The first-order valence-electron chi connectivity index (χ1n) is 12.7. The number of carbonyl (C=O) groups is 1. The fourth-order valence-electron chi connectivity index (χ4n) is 3.75. The van der Waals surface area contributed by atoms with Gasteiger partial charge in [0.2, 0.25) is 0 Å². The van der Waals surface area contributed by atoms with Gasteiger partial charge in [0, 0.05) is 0 Å². The van der Waals surface area contributed by atoms with E-state index >= 15 is 0 Å². The van der Waals surface area contributed by atoms with Crippen molar-refractivity contribution in [2.45, 2.75) is 90.9 Å². The van der Waals surface area contributed by atoms with Gasteiger partial charge in [-0.2, -0.15) is 0 Å². The van der Waals surface area contributed by atoms with E-state index in [1.165, 1.54) is 57.8 Å². The average Bonchev–Trinajstić information content (AvgIpc) is 2.83. The highest BCUT2D eigenvalue weighted by Gasteiger charge is 2.07. The molecule has 176 valence electrons. The lowest BCUT2D eigenvalue weighted by Gasteiger charge is -2.08. The minimum absolute atomic E-state index is 0.238. The zero-order valence-electron chi connectivity index (χ0n) is 20.2. The topological polar surface area (TPSA) is 35.5 Å². The van der Waals surface area contributed by atoms with Gasteiger partial charge in [0.05, 0.1) is 18.8 Å². The van der Waals surface area contributed by atoms with Gasteiger partial charge in [-0.25, -0.2) is 4.79 Å². The van der Waals surface area contributed by atoms with Crippen molar-refractivity contribution in [3.05, 3.63) is 54.1 Å². The summed E-state index contributed by atoms with van der Waals surface area (Å²) in [7, 11) is 0. The molecule has 0 saturated carbocycles. The smallest absolute Gasteiger partial charge is 0.338 e. The van der Waals surface area contributed by atoms with Crippen molar-refractivity contribution in [1.29, 1.82) is 0 Å². The molecule has 0 aliphatic heterocycles. The maximum Gasteiger partial charge on any atom is 0.338 e. The number of benzene rings is 2. The second kappa shape index (κ2) is 16.4. The van der Waals surface area contributed by atoms with Crippen LogP contribution in [0.1, 0.15) is 101 Å². The van der Waals surface area contributed by atoms with Gasteiger partial charge in [-0.3, -0.25) is 0 Å². The van der Waals surface area contributed by atoms with E-state index < -0.39 is 0 Å². The Balaban J connectivity index is 1.68. The number of esters is 1. The van der Waals surface area contributed by atoms with Crippen molar-refractivity contribution in [1.82, 2.24) is 0 Å². The Morgan fingerprint density at radius 1 is 0.594 bits per heavy atom. The largest absolute Gasteiger partial charge is 0.494 e. The van der Waals surface area contributed by atoms with Crippen LogP contribution in [0.2, 0.25) is 0 Å². The molecule has 0 atom stereocenters. The van der Waals surface area contributed by atoms with Crippen LogP contribution < -0.4 is 4.74 Å². The quantitative estimate of drug-likeness (QED) is 0.183. The molecule has 2 rings (SSSR count). The van der Waals surface area contributed by atoms with E-state index in [4.69, 9.17) is 9.47 Å². The molecule has 0 unspecified atom stereocenters. The molecule has 2 aromatic carbocycles. The number of hydrogen-bond donors (Lipinski definition) is 0. The van der Waals surface area contributed by atoms with Crippen LogP contribution in [0.5, 0.6) is 5.75 Å². The second-order valence-corrected chi connectivity index (χ2v) is 8.62. The maximum absolute atomic E-state index is 12.2. The molecule has 0 amide bonds. The zero-order chi connectivity index (χ0) is 22.9. The SMILES string of the molecule is CCCCCCCCCCOc1ccc(-c2ccc(C(=O)OCCCCCC)cc2)cc1. The van der Waals surface area contributed by atoms with E-state index in [0.29, 0.717) is 12.2 Å². The van der Waals surface area contributed by atoms with Crippen LogP contribution in [-0.2, 0) is 4.74 Å². The summed E-state index contributed by atoms with van der Waals surface area (Å²) in [6.07, 6.45) is 14.9. The Morgan fingerprint density at radius 2 is 1.06 bits per heavy atom. The summed E-state index contributed by atoms with van der Waals surface area (Å²) in [6, 6.07) is 15.8. The number of unbranched alkanes of at least 4 members (excludes halogenated alkanes) is 10. The van der Waals surface area contributed by atoms with E-state index in [2.05, 4.69) is 26.0 Å². The number of hydrogen-bond acceptors (Lipinski definition) is 3. The Labute approximate surface area is 195 Å². The van der Waals surface area contributed by atoms with Gasteiger partial charge in [-0.15, -0.1) is 0 Å². The molecule has 0 heterocycles. The van der Waals surface area contributed by atoms with Crippen molar-refractivity contribution in [3.63, 3.8) is 0 Å². The van der Waals surface area contributed by atoms with Crippen LogP contribution in [0, 0.1) is 0 Å². The number of carbonyl (C=O) groups excluding carboxylic acids is 1. The normalized spacial score (nSPS) is 10.8. The molecule has 0 radical (unpaired) electrons. The molecule has 32 heavy (non-hydrogen) atoms. The van der Waals surface area contributed by atoms with Crippen LogP contribution in [-0.4, -0.2) is 19.2 Å². The molecular weight excluding hydrogens is 396 g/mol. The van der Waals surface area contributed by atoms with E-state index in [-0.39, 0.29) is 5.97 Å². The lowest BCUT2D eigenvalue weighted by atomic mass is 10.0. The van der Waals surface area contributed by atoms with E-state index in [1.54, 1.807) is 0 Å². The van der Waals surface area contributed by atoms with Crippen LogP contribution in [0.15, 0.2) is 48.5 Å². The van der Waals surface area contributed by atoms with E-state index in [1.807, 2.05) is 36.4 Å². The summed E-state index contributed by atoms with van der Waals surface area (Å²) in [5.74, 6) is 0.678. The van der Waals surface area contributed by atoms with Crippen molar-refractivity contribution < 1.29 is 14.3 Å². The zero-order valence-corrected chi connectivity index (χ0v) is 20.2. The molecule has 0 aromatic heterocycles. The molecular formula is C29H42O3. The Kier molecular flexibility index (Phi) is 13.3. The highest BCUT2D eigenvalue weighted by Crippen LogP contribution is 2.23. The molecule has 3 nitrogen and oxygen atoms in total. The monoisotopic (exact) mass is 438 g/mol. The van der Waals surface area contributed by atoms with E-state index in [9.17, 15) is 4.79 Å². The number of rotatable bonds is 17. The summed E-state index contributed by atoms with van der Waals surface area (Å²) in [5, 5.41) is 0. The van der Waals surface area contributed by atoms with Gasteiger partial charge < -0.3 is 9.47 Å². The summed E-state index contributed by atoms with van der Waals surface area (Å²) in [4.78, 5) is 12.2. The first-order valence-corrected chi connectivity index (χ1v) is 12.7. The average molecular weight is 439 g/mol. The molecule has 0 saturated heterocycles. The Morgan fingerprint density at radius 3 is 1.66 bits per heavy atom. The fourth-order valence-corrected chi connectivity index (χ4v) is 3.75. The maximum atomic E-state index is 12.2. The van der Waals surface area contributed by atoms with Crippen LogP contribution in [0.3, 0.4) is 0 Å². The first-order chi connectivity index (χ1) is 15.7. The second-order valence-electron chi connectivity index (χ2n) is 8.62. The van der Waals surface area contributed by atoms with Crippen molar-refractivity contribution in [3.8, 4) is 16.9 Å². The third kappa shape index (κ3) is 10.3. The summed E-state index contributed by atoms with van der Waals surface area (Å²) in [6.45, 7) is 5.71. The van der Waals surface area contributed by atoms with Gasteiger partial charge in [0.25, 0.3) is 0 Å². The Hall–Kier alpha value is -2.29. The molecule has 3 heteroatoms. The van der Waals surface area contributed by atoms with E-state index in [0.717, 1.165) is 42.7 Å². The molecule has 0 fully saturated rings. The number of ether oxygens (including phenoxy) is 2. The summed E-state index contributed by atoms with van der Waals surface area (Å²) < 4.78 is 11.3. The van der Waals surface area contributed by atoms with Gasteiger partial charge in [0.1, 0.15) is 5.75 Å². The highest BCUT2D eigenvalue weighted by atomic mass is 16.5. The van der Waals surface area contributed by atoms with Crippen LogP contribution in [0.4, 0.5) is 0 Å². The fraction of sp³-hybridized carbons (Fsp3) is 0.552. The summed E-state index contributed by atoms with van der Waals surface area (Å²) in [5.41, 5.74) is 2.80. The lowest BCUT2D eigenvalue weighted by molar-refractivity contribution is 0.0498. The lowest BCUT2D eigenvalue weighted by Crippen LogP contribution is -2.06. The molecule has 0 aliphatic carbocycles. The van der Waals surface area contributed by atoms with Crippen LogP contribution >= 0.6 is 0 Å². The minimum atomic E-state index is -0.238. The predicted octanol–water partition coefficient (Wildman–Crippen LogP) is 8.61. The Bertz CT molecular complexity index is 734. The molecule has 0 N–H and O–H groups in total. The molecule has 0 bridgehead atoms. The van der Waals surface area contributed by atoms with Gasteiger partial charge in [-0.05, 0) is 48.2 Å². The third-order valence-corrected chi connectivity index (χ3v) is 5.81. The first kappa shape index (κ1) is 26.0. The minimum Gasteiger partial charge on any atom is -0.494 e. The van der Waals surface area contributed by atoms with Gasteiger partial charge >= 0.3 is 5.97 Å². The van der Waals surface area contributed by atoms with Crippen molar-refractivity contribution in [2.24, 2.45) is 0 Å². The standard InChI is InChI=1S/C29H42O3/c1-3-5-7-9-10-11-12-14-23-31-28-21-19-26(20-22-28)25-15-17-27(18-16-25)29(30)32-24-13-8-6-4-2/h15-22H,3-14,23-24H2,1-2H3. The molecule has 0 spiro atoms.